The van der Waals surface area contributed by atoms with Gasteiger partial charge in [-0.3, -0.25) is 0 Å². The molecule has 2 nitrogen and oxygen atoms in total. The zero-order valence-electron chi connectivity index (χ0n) is 6.17. The molecule has 0 rings (SSSR count). The summed E-state index contributed by atoms with van der Waals surface area (Å²) in [5.74, 6) is 0. The van der Waals surface area contributed by atoms with E-state index in [9.17, 15) is 0 Å². The van der Waals surface area contributed by atoms with Gasteiger partial charge in [-0.05, 0) is 13.3 Å². The number of aliphatic hydroxyl groups excluding tert-OH is 2. The predicted octanol–water partition coefficient (Wildman–Crippen LogP) is 0.918. The first kappa shape index (κ1) is 8.92. The Morgan fingerprint density at radius 2 is 2.11 bits per heavy atom. The van der Waals surface area contributed by atoms with Crippen molar-refractivity contribution in [3.05, 3.63) is 0 Å². The van der Waals surface area contributed by atoms with Crippen LogP contribution < -0.4 is 0 Å². The topological polar surface area (TPSA) is 40.5 Å². The molecule has 0 saturated carbocycles. The summed E-state index contributed by atoms with van der Waals surface area (Å²) in [6.07, 6.45) is 1.69. The summed E-state index contributed by atoms with van der Waals surface area (Å²) in [5, 5.41) is 17.8. The van der Waals surface area contributed by atoms with Gasteiger partial charge in [0.1, 0.15) is 0 Å². The molecule has 9 heavy (non-hydrogen) atoms. The van der Waals surface area contributed by atoms with E-state index in [0.717, 1.165) is 12.8 Å². The third-order valence-electron chi connectivity index (χ3n) is 1.41. The van der Waals surface area contributed by atoms with Crippen molar-refractivity contribution in [2.24, 2.45) is 0 Å². The number of rotatable bonds is 4. The summed E-state index contributed by atoms with van der Waals surface area (Å²) in [7, 11) is 0. The van der Waals surface area contributed by atoms with Crippen LogP contribution in [-0.4, -0.2) is 22.4 Å². The van der Waals surface area contributed by atoms with E-state index in [1.807, 2.05) is 0 Å². The van der Waals surface area contributed by atoms with Gasteiger partial charge in [0, 0.05) is 0 Å². The molecule has 0 unspecified atom stereocenters. The van der Waals surface area contributed by atoms with Crippen molar-refractivity contribution >= 4 is 0 Å². The molecule has 0 aliphatic rings. The molecule has 0 aromatic carbocycles. The summed E-state index contributed by atoms with van der Waals surface area (Å²) < 4.78 is 0. The average Bonchev–Trinajstić information content (AvgIpc) is 1.82. The van der Waals surface area contributed by atoms with Crippen LogP contribution in [0.15, 0.2) is 0 Å². The van der Waals surface area contributed by atoms with Gasteiger partial charge in [0.2, 0.25) is 0 Å². The Labute approximate surface area is 56.5 Å². The van der Waals surface area contributed by atoms with Crippen molar-refractivity contribution in [3.63, 3.8) is 0 Å². The fourth-order valence-corrected chi connectivity index (χ4v) is 0.654. The molecule has 2 atom stereocenters. The van der Waals surface area contributed by atoms with Crippen LogP contribution in [0.25, 0.3) is 0 Å². The van der Waals surface area contributed by atoms with Gasteiger partial charge >= 0.3 is 0 Å². The molecule has 0 saturated heterocycles. The van der Waals surface area contributed by atoms with Crippen LogP contribution >= 0.6 is 0 Å². The fraction of sp³-hybridized carbons (Fsp3) is 1.00. The Bertz CT molecular complexity index is 61.9. The molecule has 0 radical (unpaired) electrons. The summed E-state index contributed by atoms with van der Waals surface area (Å²) in [6, 6.07) is 0. The van der Waals surface area contributed by atoms with E-state index in [1.54, 1.807) is 6.92 Å². The zero-order chi connectivity index (χ0) is 7.28. The summed E-state index contributed by atoms with van der Waals surface area (Å²) in [6.45, 7) is 3.68. The zero-order valence-corrected chi connectivity index (χ0v) is 6.17. The average molecular weight is 134 g/mol. The third kappa shape index (κ3) is 4.43. The Balaban J connectivity index is 3.16. The van der Waals surface area contributed by atoms with Crippen molar-refractivity contribution in [1.82, 2.24) is 0 Å². The van der Waals surface area contributed by atoms with E-state index in [4.69, 9.17) is 10.2 Å². The number of unbranched alkanes of at least 4 members (excludes halogenated alkanes) is 1. The lowest BCUT2D eigenvalue weighted by molar-refractivity contribution is 0.0250. The van der Waals surface area contributed by atoms with Crippen LogP contribution in [0.2, 0.25) is 0 Å². The second-order valence-corrected chi connectivity index (χ2v) is 2.45. The summed E-state index contributed by atoms with van der Waals surface area (Å²) >= 11 is 0. The van der Waals surface area contributed by atoms with Crippen LogP contribution in [0.1, 0.15) is 33.1 Å². The molecule has 2 N–H and O–H groups in total. The number of hydrogen-bond acceptors (Lipinski definition) is 2. The second kappa shape index (κ2) is 4.77. The Morgan fingerprint density at radius 3 is 2.44 bits per heavy atom. The van der Waals surface area contributed by atoms with Gasteiger partial charge in [0.25, 0.3) is 0 Å². The molecule has 0 fully saturated rings. The van der Waals surface area contributed by atoms with Crippen LogP contribution in [0.4, 0.5) is 0 Å². The maximum absolute atomic E-state index is 9.01. The molecule has 0 heterocycles. The van der Waals surface area contributed by atoms with Crippen molar-refractivity contribution in [2.45, 2.75) is 45.3 Å². The van der Waals surface area contributed by atoms with Gasteiger partial charge in [-0.25, -0.2) is 0 Å². The Morgan fingerprint density at radius 1 is 1.56 bits per heavy atom. The quantitative estimate of drug-likeness (QED) is 0.561. The Kier molecular flexibility index (Phi) is 4.72. The molecule has 0 aromatic rings. The monoisotopic (exact) mass is 134 g/mol. The third-order valence-corrected chi connectivity index (χ3v) is 1.41. The van der Waals surface area contributed by atoms with Crippen molar-refractivity contribution in [2.75, 3.05) is 0 Å². The largest absolute Gasteiger partial charge is 0.391 e. The lowest BCUT2D eigenvalue weighted by Gasteiger charge is -2.11. The standard InChI is InChI=1S/C7H16O2/c1-3-4-5-7(9)6(2)8/h6-9H,3-5H2,1-2H3/t6-,7+/m1/s1/i9+2. The van der Waals surface area contributed by atoms with Gasteiger partial charge in [-0.1, -0.05) is 19.8 Å². The highest BCUT2D eigenvalue weighted by molar-refractivity contribution is 4.60. The summed E-state index contributed by atoms with van der Waals surface area (Å²) in [5.41, 5.74) is 0. The summed E-state index contributed by atoms with van der Waals surface area (Å²) in [4.78, 5) is 0. The maximum atomic E-state index is 9.01. The number of hydrogen-bond donors (Lipinski definition) is 2. The first-order chi connectivity index (χ1) is 4.18. The normalized spacial score (nSPS) is 17.3. The van der Waals surface area contributed by atoms with Crippen molar-refractivity contribution in [1.29, 1.82) is 0 Å². The van der Waals surface area contributed by atoms with Gasteiger partial charge in [-0.2, -0.15) is 0 Å². The smallest absolute Gasteiger partial charge is 0.0796 e. The molecular formula is C7H16O2. The van der Waals surface area contributed by atoms with Crippen molar-refractivity contribution < 1.29 is 10.2 Å². The minimum atomic E-state index is -0.573. The van der Waals surface area contributed by atoms with E-state index in [0.29, 0.717) is 6.42 Å². The van der Waals surface area contributed by atoms with Crippen LogP contribution in [0.5, 0.6) is 0 Å². The maximum Gasteiger partial charge on any atom is 0.0796 e. The highest BCUT2D eigenvalue weighted by Gasteiger charge is 2.08. The van der Waals surface area contributed by atoms with Gasteiger partial charge in [0.05, 0.1) is 12.2 Å². The Hall–Kier alpha value is -0.0800. The molecule has 0 bridgehead atoms. The second-order valence-electron chi connectivity index (χ2n) is 2.45. The molecule has 0 spiro atoms. The van der Waals surface area contributed by atoms with E-state index in [-0.39, 0.29) is 0 Å². The minimum absolute atomic E-state index is 0.523. The molecule has 0 amide bonds. The first-order valence-electron chi connectivity index (χ1n) is 3.54. The van der Waals surface area contributed by atoms with E-state index in [2.05, 4.69) is 6.92 Å². The molecule has 0 aromatic heterocycles. The van der Waals surface area contributed by atoms with E-state index in [1.165, 1.54) is 0 Å². The lowest BCUT2D eigenvalue weighted by atomic mass is 10.1. The van der Waals surface area contributed by atoms with E-state index >= 15 is 0 Å². The number of aliphatic hydroxyl groups is 2. The highest BCUT2D eigenvalue weighted by atomic mass is 18.2. The highest BCUT2D eigenvalue weighted by Crippen LogP contribution is 2.03. The molecule has 2 heteroatoms. The van der Waals surface area contributed by atoms with Crippen LogP contribution in [-0.2, 0) is 0 Å². The minimum Gasteiger partial charge on any atom is -0.391 e. The van der Waals surface area contributed by atoms with Crippen LogP contribution in [0, 0.1) is 0 Å². The fourth-order valence-electron chi connectivity index (χ4n) is 0.654. The van der Waals surface area contributed by atoms with Crippen LogP contribution in [0.3, 0.4) is 0 Å². The van der Waals surface area contributed by atoms with Gasteiger partial charge < -0.3 is 10.2 Å². The molecule has 56 valence electrons. The molecular weight excluding hydrogens is 118 g/mol. The SMILES string of the molecule is CCCC[C@H]([18OH])[C@@H](C)O. The van der Waals surface area contributed by atoms with Crippen molar-refractivity contribution in [3.8, 4) is 0 Å². The first-order valence-corrected chi connectivity index (χ1v) is 3.54. The van der Waals surface area contributed by atoms with E-state index < -0.39 is 12.2 Å². The van der Waals surface area contributed by atoms with Gasteiger partial charge in [-0.15, -0.1) is 0 Å². The predicted molar refractivity (Wildman–Crippen MR) is 37.2 cm³/mol. The van der Waals surface area contributed by atoms with Gasteiger partial charge in [0.15, 0.2) is 0 Å². The lowest BCUT2D eigenvalue weighted by Crippen LogP contribution is -2.21. The molecule has 0 aliphatic carbocycles. The molecule has 0 aliphatic heterocycles.